The minimum absolute atomic E-state index is 0.0838. The molecule has 1 saturated heterocycles. The van der Waals surface area contributed by atoms with Crippen LogP contribution in [0.2, 0.25) is 0 Å². The van der Waals surface area contributed by atoms with Crippen molar-refractivity contribution in [1.82, 2.24) is 5.32 Å². The molecule has 1 fully saturated rings. The molecular formula is C18H25NO5. The van der Waals surface area contributed by atoms with Gasteiger partial charge in [-0.3, -0.25) is 9.59 Å². The molecule has 0 radical (unpaired) electrons. The summed E-state index contributed by atoms with van der Waals surface area (Å²) in [7, 11) is 0. The van der Waals surface area contributed by atoms with Crippen LogP contribution in [0, 0.1) is 5.92 Å². The van der Waals surface area contributed by atoms with E-state index in [9.17, 15) is 14.7 Å². The molecule has 1 aromatic carbocycles. The first-order valence-corrected chi connectivity index (χ1v) is 8.10. The van der Waals surface area contributed by atoms with Crippen molar-refractivity contribution in [3.63, 3.8) is 0 Å². The van der Waals surface area contributed by atoms with E-state index in [1.54, 1.807) is 20.8 Å². The van der Waals surface area contributed by atoms with Crippen molar-refractivity contribution in [3.05, 3.63) is 35.9 Å². The van der Waals surface area contributed by atoms with Crippen molar-refractivity contribution in [2.24, 2.45) is 5.92 Å². The fourth-order valence-electron chi connectivity index (χ4n) is 2.77. The molecule has 1 aliphatic rings. The molecule has 0 aromatic heterocycles. The van der Waals surface area contributed by atoms with Crippen LogP contribution in [0.5, 0.6) is 0 Å². The zero-order valence-electron chi connectivity index (χ0n) is 14.3. The number of carboxylic acid groups (broad SMARTS) is 1. The predicted octanol–water partition coefficient (Wildman–Crippen LogP) is 1.98. The summed E-state index contributed by atoms with van der Waals surface area (Å²) in [6.45, 7) is 5.99. The number of aliphatic carboxylic acids is 1. The Labute approximate surface area is 142 Å². The summed E-state index contributed by atoms with van der Waals surface area (Å²) in [5.41, 5.74) is 0.395. The Hall–Kier alpha value is -1.92. The van der Waals surface area contributed by atoms with Crippen LogP contribution in [-0.4, -0.2) is 41.3 Å². The number of hydrogen-bond acceptors (Lipinski definition) is 5. The number of benzene rings is 1. The van der Waals surface area contributed by atoms with Gasteiger partial charge in [0.15, 0.2) is 0 Å². The minimum atomic E-state index is -0.924. The highest BCUT2D eigenvalue weighted by molar-refractivity contribution is 5.74. The maximum absolute atomic E-state index is 12.0. The van der Waals surface area contributed by atoms with Crippen molar-refractivity contribution < 1.29 is 24.2 Å². The molecule has 2 N–H and O–H groups in total. The molecule has 6 heteroatoms. The molecule has 1 aromatic rings. The lowest BCUT2D eigenvalue weighted by Crippen LogP contribution is -2.39. The summed E-state index contributed by atoms with van der Waals surface area (Å²) >= 11 is 0. The van der Waals surface area contributed by atoms with E-state index in [1.807, 2.05) is 30.3 Å². The van der Waals surface area contributed by atoms with E-state index in [1.165, 1.54) is 0 Å². The molecule has 2 rings (SSSR count). The molecule has 0 bridgehead atoms. The van der Waals surface area contributed by atoms with Gasteiger partial charge in [-0.25, -0.2) is 0 Å². The summed E-state index contributed by atoms with van der Waals surface area (Å²) in [4.78, 5) is 23.5. The number of rotatable bonds is 6. The second-order valence-corrected chi connectivity index (χ2v) is 7.01. The van der Waals surface area contributed by atoms with Crippen LogP contribution in [0.15, 0.2) is 30.3 Å². The second-order valence-electron chi connectivity index (χ2n) is 7.01. The van der Waals surface area contributed by atoms with Crippen LogP contribution >= 0.6 is 0 Å². The summed E-state index contributed by atoms with van der Waals surface area (Å²) in [6.07, 6.45) is -0.490. The molecule has 0 aliphatic carbocycles. The van der Waals surface area contributed by atoms with Crippen molar-refractivity contribution in [2.75, 3.05) is 6.54 Å². The first-order valence-electron chi connectivity index (χ1n) is 8.10. The van der Waals surface area contributed by atoms with Crippen LogP contribution in [0.4, 0.5) is 0 Å². The number of carbonyl (C=O) groups is 2. The van der Waals surface area contributed by atoms with E-state index in [4.69, 9.17) is 9.47 Å². The number of carboxylic acids is 1. The number of ether oxygens (including phenoxy) is 2. The molecule has 0 spiro atoms. The molecule has 0 unspecified atom stereocenters. The van der Waals surface area contributed by atoms with E-state index < -0.39 is 23.6 Å². The maximum atomic E-state index is 12.0. The second kappa shape index (κ2) is 7.77. The van der Waals surface area contributed by atoms with Crippen LogP contribution in [0.25, 0.3) is 0 Å². The zero-order valence-corrected chi connectivity index (χ0v) is 14.3. The van der Waals surface area contributed by atoms with Crippen molar-refractivity contribution in [2.45, 2.75) is 51.5 Å². The maximum Gasteiger partial charge on any atom is 0.310 e. The summed E-state index contributed by atoms with van der Waals surface area (Å²) in [6, 6.07) is 9.18. The molecular weight excluding hydrogens is 310 g/mol. The van der Waals surface area contributed by atoms with Crippen LogP contribution in [0.3, 0.4) is 0 Å². The molecule has 0 saturated carbocycles. The highest BCUT2D eigenvalue weighted by Gasteiger charge is 2.42. The van der Waals surface area contributed by atoms with Crippen LogP contribution in [0.1, 0.15) is 32.8 Å². The van der Waals surface area contributed by atoms with Gasteiger partial charge in [0, 0.05) is 12.6 Å². The average Bonchev–Trinajstić information content (AvgIpc) is 2.87. The van der Waals surface area contributed by atoms with Crippen molar-refractivity contribution >= 4 is 11.9 Å². The van der Waals surface area contributed by atoms with Crippen LogP contribution < -0.4 is 5.32 Å². The summed E-state index contributed by atoms with van der Waals surface area (Å²) in [5, 5.41) is 12.5. The Morgan fingerprint density at radius 3 is 2.50 bits per heavy atom. The Bertz CT molecular complexity index is 567. The average molecular weight is 335 g/mol. The van der Waals surface area contributed by atoms with Gasteiger partial charge in [-0.2, -0.15) is 0 Å². The normalized spacial score (nSPS) is 23.9. The zero-order chi connectivity index (χ0) is 17.7. The lowest BCUT2D eigenvalue weighted by atomic mass is 9.99. The van der Waals surface area contributed by atoms with E-state index in [0.717, 1.165) is 5.56 Å². The van der Waals surface area contributed by atoms with Gasteiger partial charge in [0.1, 0.15) is 5.60 Å². The number of hydrogen-bond donors (Lipinski definition) is 2. The van der Waals surface area contributed by atoms with E-state index in [0.29, 0.717) is 6.61 Å². The van der Waals surface area contributed by atoms with Gasteiger partial charge in [-0.15, -0.1) is 0 Å². The van der Waals surface area contributed by atoms with Gasteiger partial charge < -0.3 is 19.9 Å². The molecule has 24 heavy (non-hydrogen) atoms. The molecule has 0 amide bonds. The third-order valence-corrected chi connectivity index (χ3v) is 3.80. The minimum Gasteiger partial charge on any atom is -0.481 e. The number of nitrogens with one attached hydrogen (secondary N) is 1. The monoisotopic (exact) mass is 335 g/mol. The summed E-state index contributed by atoms with van der Waals surface area (Å²) < 4.78 is 11.2. The highest BCUT2D eigenvalue weighted by atomic mass is 16.6. The fourth-order valence-corrected chi connectivity index (χ4v) is 2.77. The van der Waals surface area contributed by atoms with Gasteiger partial charge in [0.2, 0.25) is 0 Å². The number of esters is 1. The molecule has 3 atom stereocenters. The van der Waals surface area contributed by atoms with E-state index in [2.05, 4.69) is 5.32 Å². The van der Waals surface area contributed by atoms with Gasteiger partial charge in [-0.1, -0.05) is 30.3 Å². The van der Waals surface area contributed by atoms with Crippen molar-refractivity contribution in [3.8, 4) is 0 Å². The van der Waals surface area contributed by atoms with Gasteiger partial charge >= 0.3 is 11.9 Å². The Balaban J connectivity index is 2.00. The molecule has 1 aliphatic heterocycles. The standard InChI is InChI=1S/C18H25NO5/c1-18(2,3)24-15(20)9-14-16(13(10-19-14)17(21)22)23-11-12-7-5-4-6-8-12/h4-8,13-14,16,19H,9-11H2,1-3H3,(H,21,22)/t13-,14-,16+/m1/s1. The predicted molar refractivity (Wildman–Crippen MR) is 88.4 cm³/mol. The first-order chi connectivity index (χ1) is 11.3. The van der Waals surface area contributed by atoms with Crippen LogP contribution in [-0.2, 0) is 25.7 Å². The summed E-state index contributed by atoms with van der Waals surface area (Å²) in [5.74, 6) is -1.97. The van der Waals surface area contributed by atoms with Gasteiger partial charge in [-0.05, 0) is 26.3 Å². The molecule has 132 valence electrons. The molecule has 6 nitrogen and oxygen atoms in total. The Kier molecular flexibility index (Phi) is 5.96. The highest BCUT2D eigenvalue weighted by Crippen LogP contribution is 2.24. The Morgan fingerprint density at radius 1 is 1.25 bits per heavy atom. The Morgan fingerprint density at radius 2 is 1.92 bits per heavy atom. The van der Waals surface area contributed by atoms with E-state index in [-0.39, 0.29) is 25.0 Å². The van der Waals surface area contributed by atoms with Gasteiger partial charge in [0.05, 0.1) is 25.0 Å². The fraction of sp³-hybridized carbons (Fsp3) is 0.556. The largest absolute Gasteiger partial charge is 0.481 e. The third-order valence-electron chi connectivity index (χ3n) is 3.80. The lowest BCUT2D eigenvalue weighted by molar-refractivity contribution is -0.157. The van der Waals surface area contributed by atoms with Crippen molar-refractivity contribution in [1.29, 1.82) is 0 Å². The van der Waals surface area contributed by atoms with Gasteiger partial charge in [0.25, 0.3) is 0 Å². The van der Waals surface area contributed by atoms with E-state index >= 15 is 0 Å². The number of carbonyl (C=O) groups excluding carboxylic acids is 1. The third kappa shape index (κ3) is 5.32. The quantitative estimate of drug-likeness (QED) is 0.773. The SMILES string of the molecule is CC(C)(C)OC(=O)C[C@H]1NC[C@@H](C(=O)O)[C@@H]1OCc1ccccc1. The lowest BCUT2D eigenvalue weighted by Gasteiger charge is -2.24. The topological polar surface area (TPSA) is 84.9 Å². The first kappa shape index (κ1) is 18.4. The smallest absolute Gasteiger partial charge is 0.310 e. The molecule has 1 heterocycles.